The fraction of sp³-hybridized carbons (Fsp3) is 0.406. The zero-order valence-corrected chi connectivity index (χ0v) is 27.3. The number of pyridine rings is 2. The van der Waals surface area contributed by atoms with E-state index in [4.69, 9.17) is 16.3 Å². The molecule has 3 aromatic heterocycles. The molecule has 1 amide bonds. The predicted octanol–water partition coefficient (Wildman–Crippen LogP) is 7.15. The lowest BCUT2D eigenvalue weighted by Gasteiger charge is -2.24. The standard InChI is InChI=1S/C32H35ClN4O5S2/c1-31(2,3)42-30(38)36-26-13-12-23(33)27(35-26)28(37-44(40,41)21-10-11-21)25-16-18-6-5-7-22(29(18)43-25)24-17-20(14-15-34-24)32(4,39)19-8-9-19/h5-7,12-17,19,21,28,37,39H,8-11H2,1-4H3,(H,35,36,38). The summed E-state index contributed by atoms with van der Waals surface area (Å²) in [6.45, 7) is 7.12. The molecule has 2 aliphatic rings. The molecule has 0 aliphatic heterocycles. The zero-order chi connectivity index (χ0) is 31.4. The third-order valence-electron chi connectivity index (χ3n) is 7.86. The Bertz CT molecular complexity index is 1840. The van der Waals surface area contributed by atoms with Crippen molar-refractivity contribution in [2.24, 2.45) is 5.92 Å². The summed E-state index contributed by atoms with van der Waals surface area (Å²) < 4.78 is 35.7. The van der Waals surface area contributed by atoms with Gasteiger partial charge in [0.05, 0.1) is 33.3 Å². The van der Waals surface area contributed by atoms with Gasteiger partial charge >= 0.3 is 6.09 Å². The molecule has 0 bridgehead atoms. The number of nitrogens with zero attached hydrogens (tertiary/aromatic N) is 2. The van der Waals surface area contributed by atoms with Gasteiger partial charge in [-0.2, -0.15) is 0 Å². The van der Waals surface area contributed by atoms with Crippen LogP contribution in [0.1, 0.15) is 75.6 Å². The normalized spacial score (nSPS) is 17.7. The van der Waals surface area contributed by atoms with Gasteiger partial charge in [-0.1, -0.05) is 29.8 Å². The molecule has 2 atom stereocenters. The summed E-state index contributed by atoms with van der Waals surface area (Å²) in [5.74, 6) is 0.416. The van der Waals surface area contributed by atoms with Crippen LogP contribution in [-0.4, -0.2) is 40.4 Å². The number of rotatable bonds is 9. The van der Waals surface area contributed by atoms with Gasteiger partial charge in [0, 0.05) is 21.3 Å². The van der Waals surface area contributed by atoms with E-state index in [-0.39, 0.29) is 22.5 Å². The number of hydrogen-bond donors (Lipinski definition) is 3. The van der Waals surface area contributed by atoms with Crippen LogP contribution >= 0.6 is 22.9 Å². The number of hydrogen-bond acceptors (Lipinski definition) is 8. The Balaban J connectivity index is 1.41. The minimum absolute atomic E-state index is 0.180. The number of amides is 1. The number of nitrogens with one attached hydrogen (secondary N) is 2. The van der Waals surface area contributed by atoms with E-state index in [2.05, 4.69) is 20.0 Å². The van der Waals surface area contributed by atoms with Gasteiger partial charge in [-0.15, -0.1) is 11.3 Å². The van der Waals surface area contributed by atoms with E-state index < -0.39 is 38.6 Å². The van der Waals surface area contributed by atoms with Gasteiger partial charge in [0.15, 0.2) is 0 Å². The van der Waals surface area contributed by atoms with Crippen molar-refractivity contribution in [1.82, 2.24) is 14.7 Å². The number of benzene rings is 1. The number of aromatic nitrogens is 2. The second-order valence-corrected chi connectivity index (χ2v) is 16.2. The highest BCUT2D eigenvalue weighted by molar-refractivity contribution is 7.90. The van der Waals surface area contributed by atoms with E-state index in [1.165, 1.54) is 11.3 Å². The summed E-state index contributed by atoms with van der Waals surface area (Å²) in [7, 11) is -3.68. The molecule has 2 saturated carbocycles. The highest BCUT2D eigenvalue weighted by Crippen LogP contribution is 2.46. The Morgan fingerprint density at radius 1 is 1.09 bits per heavy atom. The fourth-order valence-electron chi connectivity index (χ4n) is 5.23. The monoisotopic (exact) mass is 654 g/mol. The van der Waals surface area contributed by atoms with E-state index in [9.17, 15) is 18.3 Å². The fourth-order valence-corrected chi connectivity index (χ4v) is 8.27. The molecule has 12 heteroatoms. The summed E-state index contributed by atoms with van der Waals surface area (Å²) >= 11 is 8.08. The first-order valence-corrected chi connectivity index (χ1v) is 17.3. The third kappa shape index (κ3) is 6.62. The Morgan fingerprint density at radius 2 is 1.84 bits per heavy atom. The van der Waals surface area contributed by atoms with Gasteiger partial charge in [-0.3, -0.25) is 10.3 Å². The number of sulfonamides is 1. The lowest BCUT2D eigenvalue weighted by atomic mass is 9.90. The average Bonchev–Trinajstić information content (AvgIpc) is 3.87. The van der Waals surface area contributed by atoms with Crippen molar-refractivity contribution in [2.45, 2.75) is 75.9 Å². The lowest BCUT2D eigenvalue weighted by Crippen LogP contribution is -2.32. The highest BCUT2D eigenvalue weighted by Gasteiger charge is 2.41. The van der Waals surface area contributed by atoms with Crippen LogP contribution in [0.5, 0.6) is 0 Å². The molecule has 3 heterocycles. The van der Waals surface area contributed by atoms with Crippen LogP contribution in [0.2, 0.25) is 5.02 Å². The largest absolute Gasteiger partial charge is 0.444 e. The van der Waals surface area contributed by atoms with Crippen molar-refractivity contribution in [3.05, 3.63) is 75.9 Å². The first-order valence-electron chi connectivity index (χ1n) is 14.6. The van der Waals surface area contributed by atoms with Crippen LogP contribution in [0.3, 0.4) is 0 Å². The van der Waals surface area contributed by atoms with Crippen LogP contribution in [0.4, 0.5) is 10.6 Å². The van der Waals surface area contributed by atoms with Crippen molar-refractivity contribution < 1.29 is 23.1 Å². The van der Waals surface area contributed by atoms with Crippen LogP contribution in [0, 0.1) is 5.92 Å². The molecule has 1 aromatic carbocycles. The minimum Gasteiger partial charge on any atom is -0.444 e. The topological polar surface area (TPSA) is 131 Å². The molecule has 2 aliphatic carbocycles. The maximum atomic E-state index is 13.3. The highest BCUT2D eigenvalue weighted by atomic mass is 35.5. The molecule has 232 valence electrons. The number of halogens is 1. The maximum absolute atomic E-state index is 13.3. The van der Waals surface area contributed by atoms with Crippen molar-refractivity contribution in [2.75, 3.05) is 5.32 Å². The van der Waals surface area contributed by atoms with Crippen LogP contribution in [0.25, 0.3) is 21.3 Å². The van der Waals surface area contributed by atoms with Gasteiger partial charge in [0.1, 0.15) is 11.4 Å². The van der Waals surface area contributed by atoms with Gasteiger partial charge in [0.25, 0.3) is 0 Å². The van der Waals surface area contributed by atoms with E-state index >= 15 is 0 Å². The summed E-state index contributed by atoms with van der Waals surface area (Å²) in [5.41, 5.74) is 1.03. The number of ether oxygens (including phenoxy) is 1. The second kappa shape index (κ2) is 11.4. The summed E-state index contributed by atoms with van der Waals surface area (Å²) in [5, 5.41) is 14.5. The van der Waals surface area contributed by atoms with E-state index in [1.54, 1.807) is 39.1 Å². The van der Waals surface area contributed by atoms with E-state index in [1.807, 2.05) is 43.3 Å². The molecular formula is C32H35ClN4O5S2. The van der Waals surface area contributed by atoms with Gasteiger partial charge < -0.3 is 9.84 Å². The SMILES string of the molecule is CC(C)(C)OC(=O)Nc1ccc(Cl)c(C(NS(=O)(=O)C2CC2)c2cc3cccc(-c4cc(C(C)(O)C5CC5)ccn4)c3s2)n1. The predicted molar refractivity (Wildman–Crippen MR) is 173 cm³/mol. The first kappa shape index (κ1) is 30.9. The average molecular weight is 655 g/mol. The van der Waals surface area contributed by atoms with Gasteiger partial charge in [0.2, 0.25) is 10.0 Å². The molecule has 9 nitrogen and oxygen atoms in total. The van der Waals surface area contributed by atoms with Crippen LogP contribution in [-0.2, 0) is 20.4 Å². The summed E-state index contributed by atoms with van der Waals surface area (Å²) in [6.07, 6.45) is 4.21. The summed E-state index contributed by atoms with van der Waals surface area (Å²) in [6, 6.07) is 13.8. The van der Waals surface area contributed by atoms with Crippen LogP contribution in [0.15, 0.2) is 54.7 Å². The Kier molecular flexibility index (Phi) is 7.99. The number of fused-ring (bicyclic) bond motifs is 1. The smallest absolute Gasteiger partial charge is 0.413 e. The zero-order valence-electron chi connectivity index (χ0n) is 24.9. The Hall–Kier alpha value is -3.09. The molecule has 0 spiro atoms. The molecule has 4 aromatic rings. The van der Waals surface area contributed by atoms with Gasteiger partial charge in [-0.05, 0) is 101 Å². The number of carbonyl (C=O) groups is 1. The molecular weight excluding hydrogens is 620 g/mol. The molecule has 3 N–H and O–H groups in total. The van der Waals surface area contributed by atoms with Crippen molar-refractivity contribution >= 4 is 55.0 Å². The summed E-state index contributed by atoms with van der Waals surface area (Å²) in [4.78, 5) is 22.4. The Labute approximate surface area is 266 Å². The Morgan fingerprint density at radius 3 is 2.52 bits per heavy atom. The van der Waals surface area contributed by atoms with E-state index in [0.29, 0.717) is 17.7 Å². The molecule has 0 saturated heterocycles. The number of carbonyl (C=O) groups excluding carboxylic acids is 1. The number of aliphatic hydroxyl groups is 1. The van der Waals surface area contributed by atoms with Crippen molar-refractivity contribution in [3.63, 3.8) is 0 Å². The second-order valence-electron chi connectivity index (χ2n) is 12.7. The molecule has 0 radical (unpaired) electrons. The first-order chi connectivity index (χ1) is 20.7. The number of anilines is 1. The molecule has 6 rings (SSSR count). The lowest BCUT2D eigenvalue weighted by molar-refractivity contribution is 0.0330. The molecule has 44 heavy (non-hydrogen) atoms. The molecule has 2 fully saturated rings. The van der Waals surface area contributed by atoms with Gasteiger partial charge in [-0.25, -0.2) is 22.9 Å². The molecule has 2 unspecified atom stereocenters. The minimum atomic E-state index is -3.68. The third-order valence-corrected chi connectivity index (χ3v) is 11.3. The van der Waals surface area contributed by atoms with Crippen LogP contribution < -0.4 is 10.0 Å². The van der Waals surface area contributed by atoms with Crippen molar-refractivity contribution in [1.29, 1.82) is 0 Å². The maximum Gasteiger partial charge on any atom is 0.413 e. The quantitative estimate of drug-likeness (QED) is 0.175. The van der Waals surface area contributed by atoms with Crippen molar-refractivity contribution in [3.8, 4) is 11.3 Å². The van der Waals surface area contributed by atoms with E-state index in [0.717, 1.165) is 39.7 Å². The number of thiophene rings is 1.